The van der Waals surface area contributed by atoms with E-state index < -0.39 is 0 Å². The molecular weight excluding hydrogens is 158 g/mol. The smallest absolute Gasteiger partial charge is 0.0270 e. The van der Waals surface area contributed by atoms with Crippen molar-refractivity contribution in [2.24, 2.45) is 0 Å². The second-order valence-corrected chi connectivity index (χ2v) is 2.68. The molecule has 0 unspecified atom stereocenters. The second-order valence-electron chi connectivity index (χ2n) is 2.68. The van der Waals surface area contributed by atoms with E-state index in [1.165, 1.54) is 5.56 Å². The Labute approximate surface area is 79.1 Å². The molecule has 0 fully saturated rings. The van der Waals surface area contributed by atoms with Crippen LogP contribution in [0.15, 0.2) is 60.9 Å². The molecule has 1 nitrogen and oxygen atoms in total. The summed E-state index contributed by atoms with van der Waals surface area (Å²) in [4.78, 5) is 3.85. The third-order valence-corrected chi connectivity index (χ3v) is 1.51. The molecule has 0 amide bonds. The highest BCUT2D eigenvalue weighted by atomic mass is 14.6. The zero-order chi connectivity index (χ0) is 9.36. The van der Waals surface area contributed by atoms with Gasteiger partial charge in [-0.15, -0.1) is 0 Å². The maximum absolute atomic E-state index is 3.85. The fraction of sp³-hybridized carbons (Fsp3) is 0.0833. The highest BCUT2D eigenvalue weighted by molar-refractivity contribution is 5.05. The van der Waals surface area contributed by atoms with E-state index in [0.29, 0.717) is 0 Å². The minimum Gasteiger partial charge on any atom is -0.265 e. The first-order valence-corrected chi connectivity index (χ1v) is 4.26. The number of rotatable bonds is 0. The molecular formula is C12H13N. The highest BCUT2D eigenvalue weighted by Gasteiger charge is 1.72. The average Bonchev–Trinajstić information content (AvgIpc) is 2.22. The van der Waals surface area contributed by atoms with Gasteiger partial charge in [-0.3, -0.25) is 4.98 Å². The van der Waals surface area contributed by atoms with Crippen molar-refractivity contribution in [3.8, 4) is 0 Å². The van der Waals surface area contributed by atoms with E-state index >= 15 is 0 Å². The molecule has 66 valence electrons. The lowest BCUT2D eigenvalue weighted by atomic mass is 10.3. The third-order valence-electron chi connectivity index (χ3n) is 1.51. The third kappa shape index (κ3) is 4.75. The Kier molecular flexibility index (Phi) is 4.33. The van der Waals surface area contributed by atoms with Crippen molar-refractivity contribution in [2.75, 3.05) is 0 Å². The van der Waals surface area contributed by atoms with Gasteiger partial charge in [0.25, 0.3) is 0 Å². The molecule has 0 aliphatic carbocycles. The fourth-order valence-electron chi connectivity index (χ4n) is 0.811. The lowest BCUT2D eigenvalue weighted by Crippen LogP contribution is -1.68. The summed E-state index contributed by atoms with van der Waals surface area (Å²) < 4.78 is 0. The SMILES string of the molecule is Cc1ccncc1.c1ccccc1. The van der Waals surface area contributed by atoms with Crippen LogP contribution in [-0.4, -0.2) is 4.98 Å². The van der Waals surface area contributed by atoms with Crippen LogP contribution in [0.3, 0.4) is 0 Å². The Morgan fingerprint density at radius 1 is 0.769 bits per heavy atom. The van der Waals surface area contributed by atoms with Crippen LogP contribution in [0.5, 0.6) is 0 Å². The first kappa shape index (κ1) is 9.46. The topological polar surface area (TPSA) is 12.9 Å². The van der Waals surface area contributed by atoms with Crippen LogP contribution in [0.4, 0.5) is 0 Å². The van der Waals surface area contributed by atoms with Gasteiger partial charge in [-0.2, -0.15) is 0 Å². The Hall–Kier alpha value is -1.63. The van der Waals surface area contributed by atoms with Crippen LogP contribution in [0.25, 0.3) is 0 Å². The summed E-state index contributed by atoms with van der Waals surface area (Å²) in [5.74, 6) is 0. The number of aromatic nitrogens is 1. The summed E-state index contributed by atoms with van der Waals surface area (Å²) in [5.41, 5.74) is 1.26. The predicted molar refractivity (Wildman–Crippen MR) is 55.4 cm³/mol. The van der Waals surface area contributed by atoms with Gasteiger partial charge in [-0.1, -0.05) is 36.4 Å². The van der Waals surface area contributed by atoms with Crippen molar-refractivity contribution < 1.29 is 0 Å². The first-order chi connectivity index (χ1) is 6.39. The number of aryl methyl sites for hydroxylation is 1. The summed E-state index contributed by atoms with van der Waals surface area (Å²) in [6.45, 7) is 2.04. The van der Waals surface area contributed by atoms with Gasteiger partial charge in [-0.25, -0.2) is 0 Å². The number of pyridine rings is 1. The first-order valence-electron chi connectivity index (χ1n) is 4.26. The molecule has 2 rings (SSSR count). The Bertz CT molecular complexity index is 276. The van der Waals surface area contributed by atoms with Gasteiger partial charge in [0.2, 0.25) is 0 Å². The maximum Gasteiger partial charge on any atom is 0.0270 e. The number of hydrogen-bond acceptors (Lipinski definition) is 1. The summed E-state index contributed by atoms with van der Waals surface area (Å²) in [7, 11) is 0. The number of hydrogen-bond donors (Lipinski definition) is 0. The second kappa shape index (κ2) is 5.95. The largest absolute Gasteiger partial charge is 0.265 e. The van der Waals surface area contributed by atoms with Gasteiger partial charge in [0.1, 0.15) is 0 Å². The van der Waals surface area contributed by atoms with Crippen molar-refractivity contribution in [1.29, 1.82) is 0 Å². The summed E-state index contributed by atoms with van der Waals surface area (Å²) in [5, 5.41) is 0. The summed E-state index contributed by atoms with van der Waals surface area (Å²) >= 11 is 0. The number of nitrogens with zero attached hydrogens (tertiary/aromatic N) is 1. The lowest BCUT2D eigenvalue weighted by molar-refractivity contribution is 1.29. The van der Waals surface area contributed by atoms with Gasteiger partial charge in [0.05, 0.1) is 0 Å². The van der Waals surface area contributed by atoms with Crippen molar-refractivity contribution >= 4 is 0 Å². The minimum absolute atomic E-state index is 1.26. The van der Waals surface area contributed by atoms with Gasteiger partial charge < -0.3 is 0 Å². The van der Waals surface area contributed by atoms with E-state index in [1.807, 2.05) is 55.5 Å². The molecule has 0 aliphatic heterocycles. The lowest BCUT2D eigenvalue weighted by Gasteiger charge is -1.82. The van der Waals surface area contributed by atoms with Crippen molar-refractivity contribution in [3.05, 3.63) is 66.5 Å². The molecule has 1 heteroatoms. The van der Waals surface area contributed by atoms with E-state index in [1.54, 1.807) is 12.4 Å². The zero-order valence-corrected chi connectivity index (χ0v) is 7.72. The molecule has 0 atom stereocenters. The summed E-state index contributed by atoms with van der Waals surface area (Å²) in [6, 6.07) is 15.9. The Morgan fingerprint density at radius 3 is 1.38 bits per heavy atom. The predicted octanol–water partition coefficient (Wildman–Crippen LogP) is 3.08. The molecule has 13 heavy (non-hydrogen) atoms. The molecule has 1 heterocycles. The van der Waals surface area contributed by atoms with E-state index in [-0.39, 0.29) is 0 Å². The van der Waals surface area contributed by atoms with Crippen molar-refractivity contribution in [3.63, 3.8) is 0 Å². The molecule has 0 aliphatic rings. The molecule has 1 aromatic carbocycles. The van der Waals surface area contributed by atoms with Crippen LogP contribution in [-0.2, 0) is 0 Å². The molecule has 0 radical (unpaired) electrons. The molecule has 0 N–H and O–H groups in total. The van der Waals surface area contributed by atoms with Crippen LogP contribution in [0.2, 0.25) is 0 Å². The van der Waals surface area contributed by atoms with E-state index in [9.17, 15) is 0 Å². The zero-order valence-electron chi connectivity index (χ0n) is 7.72. The van der Waals surface area contributed by atoms with Crippen LogP contribution in [0.1, 0.15) is 5.56 Å². The van der Waals surface area contributed by atoms with Crippen molar-refractivity contribution in [1.82, 2.24) is 4.98 Å². The van der Waals surface area contributed by atoms with Crippen LogP contribution in [0, 0.1) is 6.92 Å². The molecule has 0 saturated heterocycles. The molecule has 2 aromatic rings. The van der Waals surface area contributed by atoms with E-state index in [4.69, 9.17) is 0 Å². The fourth-order valence-corrected chi connectivity index (χ4v) is 0.811. The quantitative estimate of drug-likeness (QED) is 0.593. The van der Waals surface area contributed by atoms with Gasteiger partial charge in [-0.05, 0) is 24.6 Å². The average molecular weight is 171 g/mol. The highest BCUT2D eigenvalue weighted by Crippen LogP contribution is 1.88. The minimum atomic E-state index is 1.26. The molecule has 1 aromatic heterocycles. The summed E-state index contributed by atoms with van der Waals surface area (Å²) in [6.07, 6.45) is 3.57. The van der Waals surface area contributed by atoms with Crippen LogP contribution < -0.4 is 0 Å². The van der Waals surface area contributed by atoms with Gasteiger partial charge in [0.15, 0.2) is 0 Å². The molecule has 0 bridgehead atoms. The van der Waals surface area contributed by atoms with Crippen molar-refractivity contribution in [2.45, 2.75) is 6.92 Å². The monoisotopic (exact) mass is 171 g/mol. The van der Waals surface area contributed by atoms with Gasteiger partial charge in [0, 0.05) is 12.4 Å². The normalized spacial score (nSPS) is 8.38. The van der Waals surface area contributed by atoms with E-state index in [0.717, 1.165) is 0 Å². The Morgan fingerprint density at radius 2 is 1.15 bits per heavy atom. The van der Waals surface area contributed by atoms with E-state index in [2.05, 4.69) is 4.98 Å². The number of benzene rings is 1. The van der Waals surface area contributed by atoms with Crippen LogP contribution >= 0.6 is 0 Å². The Balaban J connectivity index is 0.000000132. The maximum atomic E-state index is 3.85. The molecule has 0 saturated carbocycles. The molecule has 0 spiro atoms. The van der Waals surface area contributed by atoms with Gasteiger partial charge >= 0.3 is 0 Å². The standard InChI is InChI=1S/C6H7N.C6H6/c1-6-2-4-7-5-3-6;1-2-4-6-5-3-1/h2-5H,1H3;1-6H.